The zero-order chi connectivity index (χ0) is 29.4. The van der Waals surface area contributed by atoms with Gasteiger partial charge in [-0.3, -0.25) is 0 Å². The van der Waals surface area contributed by atoms with Crippen LogP contribution in [0.4, 0.5) is 0 Å². The van der Waals surface area contributed by atoms with E-state index in [1.54, 1.807) is 0 Å². The highest BCUT2D eigenvalue weighted by Crippen LogP contribution is 2.14. The predicted octanol–water partition coefficient (Wildman–Crippen LogP) is 7.22. The highest BCUT2D eigenvalue weighted by molar-refractivity contribution is 4.58. The number of hydrogen-bond acceptors (Lipinski definition) is 3. The fraction of sp³-hybridized carbons (Fsp3) is 1.00. The molecule has 2 N–H and O–H groups in total. The molecule has 0 saturated heterocycles. The van der Waals surface area contributed by atoms with E-state index in [2.05, 4.69) is 27.9 Å². The Balaban J connectivity index is 0. The molecule has 0 aromatic heterocycles. The minimum Gasteiger partial charge on any atom is -1.00 e. The van der Waals surface area contributed by atoms with Crippen molar-refractivity contribution in [3.63, 3.8) is 0 Å². The number of halogens is 1. The molecule has 5 heteroatoms. The second-order valence-corrected chi connectivity index (χ2v) is 13.3. The van der Waals surface area contributed by atoms with Gasteiger partial charge in [-0.05, 0) is 19.4 Å². The van der Waals surface area contributed by atoms with Crippen molar-refractivity contribution in [2.24, 2.45) is 5.73 Å². The molecule has 0 aliphatic rings. The van der Waals surface area contributed by atoms with Gasteiger partial charge in [-0.25, -0.2) is 0 Å². The Bertz CT molecular complexity index is 478. The van der Waals surface area contributed by atoms with Crippen LogP contribution in [0.5, 0.6) is 0 Å². The normalized spacial score (nSPS) is 12.5. The minimum absolute atomic E-state index is 0. The van der Waals surface area contributed by atoms with Gasteiger partial charge in [-0.2, -0.15) is 0 Å². The van der Waals surface area contributed by atoms with E-state index in [-0.39, 0.29) is 23.1 Å². The summed E-state index contributed by atoms with van der Waals surface area (Å²) in [4.78, 5) is 0. The molecule has 0 aliphatic carbocycles. The van der Waals surface area contributed by atoms with Crippen LogP contribution in [0.25, 0.3) is 0 Å². The smallest absolute Gasteiger partial charge is 0.130 e. The summed E-state index contributed by atoms with van der Waals surface area (Å²) in [5, 5.41) is 0. The minimum atomic E-state index is 0. The van der Waals surface area contributed by atoms with Crippen LogP contribution in [0.3, 0.4) is 0 Å². The van der Waals surface area contributed by atoms with Crippen molar-refractivity contribution in [1.29, 1.82) is 0 Å². The molecule has 0 aromatic carbocycles. The first-order chi connectivity index (χ1) is 19.6. The summed E-state index contributed by atoms with van der Waals surface area (Å²) in [6.07, 6.45) is 34.5. The van der Waals surface area contributed by atoms with Crippen LogP contribution in [0.15, 0.2) is 0 Å². The lowest BCUT2D eigenvalue weighted by Crippen LogP contribution is -3.00. The molecule has 0 amide bonds. The topological polar surface area (TPSA) is 44.5 Å². The first-order valence-electron chi connectivity index (χ1n) is 18.3. The number of rotatable bonds is 34. The van der Waals surface area contributed by atoms with E-state index in [0.29, 0.717) is 0 Å². The molecular weight excluding hydrogens is 572 g/mol. The molecular formula is C36H77BrN2O2. The van der Waals surface area contributed by atoms with Gasteiger partial charge < -0.3 is 36.7 Å². The van der Waals surface area contributed by atoms with Gasteiger partial charge in [-0.1, -0.05) is 155 Å². The van der Waals surface area contributed by atoms with E-state index in [9.17, 15) is 0 Å². The molecule has 0 bridgehead atoms. The first kappa shape index (κ1) is 43.4. The molecule has 4 nitrogen and oxygen atoms in total. The van der Waals surface area contributed by atoms with Crippen LogP contribution in [-0.4, -0.2) is 64.1 Å². The fourth-order valence-electron chi connectivity index (χ4n) is 5.77. The Morgan fingerprint density at radius 2 is 0.878 bits per heavy atom. The molecule has 41 heavy (non-hydrogen) atoms. The van der Waals surface area contributed by atoms with Crippen molar-refractivity contribution in [3.05, 3.63) is 0 Å². The summed E-state index contributed by atoms with van der Waals surface area (Å²) in [6.45, 7) is 9.96. The van der Waals surface area contributed by atoms with Gasteiger partial charge in [0.15, 0.2) is 0 Å². The maximum Gasteiger partial charge on any atom is 0.130 e. The van der Waals surface area contributed by atoms with Gasteiger partial charge in [-0.15, -0.1) is 0 Å². The molecule has 250 valence electrons. The van der Waals surface area contributed by atoms with Crippen LogP contribution in [-0.2, 0) is 9.47 Å². The van der Waals surface area contributed by atoms with Crippen LogP contribution in [0.1, 0.15) is 174 Å². The number of ether oxygens (including phenoxy) is 2. The fourth-order valence-corrected chi connectivity index (χ4v) is 5.77. The molecule has 0 aliphatic heterocycles. The lowest BCUT2D eigenvalue weighted by Gasteiger charge is -2.33. The summed E-state index contributed by atoms with van der Waals surface area (Å²) in [6, 6.07) is 0. The number of quaternary nitrogens is 1. The standard InChI is InChI=1S/C36H77N2O2.BrH/c1-5-7-9-11-13-15-17-19-21-23-25-27-32-39-35-36(34-38(3,4)31-29-30-37)40-33-28-26-24-22-20-18-16-14-12-10-8-6-2;/h36H,5-35,37H2,1-4H3;1H/q+1;/p-1/t36-;/m1./s1. The van der Waals surface area contributed by atoms with Crippen molar-refractivity contribution in [1.82, 2.24) is 0 Å². The Morgan fingerprint density at radius 3 is 1.27 bits per heavy atom. The predicted molar refractivity (Wildman–Crippen MR) is 178 cm³/mol. The van der Waals surface area contributed by atoms with E-state index in [0.717, 1.165) is 50.4 Å². The van der Waals surface area contributed by atoms with Gasteiger partial charge in [0.05, 0.1) is 27.2 Å². The molecule has 1 atom stereocenters. The largest absolute Gasteiger partial charge is 1.00 e. The van der Waals surface area contributed by atoms with E-state index in [4.69, 9.17) is 15.2 Å². The number of hydrogen-bond donors (Lipinski definition) is 1. The summed E-state index contributed by atoms with van der Waals surface area (Å²) in [5.74, 6) is 0. The molecule has 0 aromatic rings. The molecule has 0 saturated carbocycles. The zero-order valence-corrected chi connectivity index (χ0v) is 30.3. The number of nitrogens with zero attached hydrogens (tertiary/aromatic N) is 1. The third-order valence-corrected chi connectivity index (χ3v) is 8.46. The third kappa shape index (κ3) is 34.7. The molecule has 0 radical (unpaired) electrons. The van der Waals surface area contributed by atoms with Crippen LogP contribution in [0, 0.1) is 0 Å². The molecule has 0 heterocycles. The average molecular weight is 650 g/mol. The molecule has 0 spiro atoms. The zero-order valence-electron chi connectivity index (χ0n) is 28.7. The summed E-state index contributed by atoms with van der Waals surface area (Å²) in [7, 11) is 4.61. The summed E-state index contributed by atoms with van der Waals surface area (Å²) in [5.41, 5.74) is 5.78. The molecule has 0 unspecified atom stereocenters. The Morgan fingerprint density at radius 1 is 0.512 bits per heavy atom. The summed E-state index contributed by atoms with van der Waals surface area (Å²) >= 11 is 0. The second-order valence-electron chi connectivity index (χ2n) is 13.3. The Labute approximate surface area is 270 Å². The van der Waals surface area contributed by atoms with Gasteiger partial charge in [0, 0.05) is 19.6 Å². The van der Waals surface area contributed by atoms with E-state index in [1.165, 1.54) is 154 Å². The second kappa shape index (κ2) is 34.8. The first-order valence-corrected chi connectivity index (χ1v) is 18.3. The van der Waals surface area contributed by atoms with Crippen molar-refractivity contribution >= 4 is 0 Å². The highest BCUT2D eigenvalue weighted by Gasteiger charge is 2.22. The van der Waals surface area contributed by atoms with E-state index in [1.807, 2.05) is 0 Å². The van der Waals surface area contributed by atoms with Crippen molar-refractivity contribution in [2.75, 3.05) is 53.6 Å². The summed E-state index contributed by atoms with van der Waals surface area (Å²) < 4.78 is 13.5. The van der Waals surface area contributed by atoms with Crippen molar-refractivity contribution < 1.29 is 30.9 Å². The number of nitrogens with two attached hydrogens (primary N) is 1. The monoisotopic (exact) mass is 649 g/mol. The van der Waals surface area contributed by atoms with Crippen LogP contribution in [0.2, 0.25) is 0 Å². The average Bonchev–Trinajstić information content (AvgIpc) is 2.94. The lowest BCUT2D eigenvalue weighted by atomic mass is 10.1. The highest BCUT2D eigenvalue weighted by atomic mass is 79.9. The SMILES string of the molecule is CCCCCCCCCCCCCCOC[C@@H](C[N+](C)(C)CCCN)OCCCCCCCCCCCCCC.[Br-]. The van der Waals surface area contributed by atoms with Gasteiger partial charge in [0.25, 0.3) is 0 Å². The van der Waals surface area contributed by atoms with Crippen LogP contribution < -0.4 is 22.7 Å². The van der Waals surface area contributed by atoms with Crippen molar-refractivity contribution in [3.8, 4) is 0 Å². The van der Waals surface area contributed by atoms with Crippen LogP contribution >= 0.6 is 0 Å². The Kier molecular flexibility index (Phi) is 36.9. The van der Waals surface area contributed by atoms with E-state index >= 15 is 0 Å². The molecule has 0 rings (SSSR count). The maximum absolute atomic E-state index is 6.39. The third-order valence-electron chi connectivity index (χ3n) is 8.46. The van der Waals surface area contributed by atoms with Gasteiger partial charge >= 0.3 is 0 Å². The number of likely N-dealkylation sites (N-methyl/N-ethyl adjacent to an activating group) is 1. The van der Waals surface area contributed by atoms with Gasteiger partial charge in [0.1, 0.15) is 12.6 Å². The maximum atomic E-state index is 6.39. The molecule has 0 fully saturated rings. The Hall–Kier alpha value is 0.320. The quantitative estimate of drug-likeness (QED) is 0.0592. The van der Waals surface area contributed by atoms with Crippen molar-refractivity contribution in [2.45, 2.75) is 180 Å². The van der Waals surface area contributed by atoms with E-state index < -0.39 is 0 Å². The lowest BCUT2D eigenvalue weighted by molar-refractivity contribution is -0.893. The number of unbranched alkanes of at least 4 members (excludes halogenated alkanes) is 22. The van der Waals surface area contributed by atoms with Gasteiger partial charge in [0.2, 0.25) is 0 Å².